The predicted octanol–water partition coefficient (Wildman–Crippen LogP) is 2.69. The van der Waals surface area contributed by atoms with Crippen molar-refractivity contribution in [3.8, 4) is 0 Å². The molecule has 0 saturated carbocycles. The van der Waals surface area contributed by atoms with Crippen molar-refractivity contribution in [2.24, 2.45) is 5.73 Å². The standard InChI is InChI=1S/C15H24N2O/c1-4-7-13(16)10-15(18)17-12(3)14-9-6-5-8-11(14)2/h5-6,8-9,12-13H,4,7,10,16H2,1-3H3,(H,17,18)/t12-,13?/m1/s1. The molecule has 100 valence electrons. The van der Waals surface area contributed by atoms with E-state index >= 15 is 0 Å². The van der Waals surface area contributed by atoms with Crippen LogP contribution in [-0.4, -0.2) is 11.9 Å². The summed E-state index contributed by atoms with van der Waals surface area (Å²) < 4.78 is 0. The van der Waals surface area contributed by atoms with Crippen molar-refractivity contribution in [3.05, 3.63) is 35.4 Å². The summed E-state index contributed by atoms with van der Waals surface area (Å²) in [6.07, 6.45) is 2.32. The van der Waals surface area contributed by atoms with Gasteiger partial charge in [-0.3, -0.25) is 4.79 Å². The summed E-state index contributed by atoms with van der Waals surface area (Å²) in [6.45, 7) is 6.14. The normalized spacial score (nSPS) is 14.0. The first-order valence-corrected chi connectivity index (χ1v) is 6.65. The van der Waals surface area contributed by atoms with Gasteiger partial charge in [-0.05, 0) is 31.4 Å². The number of amides is 1. The Kier molecular flexibility index (Phi) is 5.86. The van der Waals surface area contributed by atoms with Crippen molar-refractivity contribution in [1.82, 2.24) is 5.32 Å². The Morgan fingerprint density at radius 1 is 1.39 bits per heavy atom. The molecule has 18 heavy (non-hydrogen) atoms. The number of rotatable bonds is 6. The Morgan fingerprint density at radius 3 is 2.67 bits per heavy atom. The van der Waals surface area contributed by atoms with Crippen LogP contribution in [0, 0.1) is 6.92 Å². The average molecular weight is 248 g/mol. The van der Waals surface area contributed by atoms with E-state index in [1.807, 2.05) is 25.1 Å². The van der Waals surface area contributed by atoms with Gasteiger partial charge in [0.1, 0.15) is 0 Å². The molecule has 3 nitrogen and oxygen atoms in total. The second kappa shape index (κ2) is 7.17. The number of carbonyl (C=O) groups is 1. The van der Waals surface area contributed by atoms with Gasteiger partial charge in [-0.15, -0.1) is 0 Å². The summed E-state index contributed by atoms with van der Waals surface area (Å²) >= 11 is 0. The minimum Gasteiger partial charge on any atom is -0.350 e. The smallest absolute Gasteiger partial charge is 0.222 e. The molecule has 0 fully saturated rings. The minimum atomic E-state index is -0.0286. The maximum Gasteiger partial charge on any atom is 0.222 e. The first-order chi connectivity index (χ1) is 8.54. The highest BCUT2D eigenvalue weighted by Crippen LogP contribution is 2.16. The second-order valence-corrected chi connectivity index (χ2v) is 4.90. The maximum absolute atomic E-state index is 11.8. The van der Waals surface area contributed by atoms with E-state index in [9.17, 15) is 4.79 Å². The number of aryl methyl sites for hydroxylation is 1. The third kappa shape index (κ3) is 4.49. The van der Waals surface area contributed by atoms with Crippen LogP contribution in [-0.2, 0) is 4.79 Å². The topological polar surface area (TPSA) is 55.1 Å². The quantitative estimate of drug-likeness (QED) is 0.813. The van der Waals surface area contributed by atoms with Crippen molar-refractivity contribution in [3.63, 3.8) is 0 Å². The van der Waals surface area contributed by atoms with Crippen LogP contribution >= 0.6 is 0 Å². The van der Waals surface area contributed by atoms with Crippen LogP contribution in [0.5, 0.6) is 0 Å². The monoisotopic (exact) mass is 248 g/mol. The molecule has 0 saturated heterocycles. The number of hydrogen-bond acceptors (Lipinski definition) is 2. The Balaban J connectivity index is 2.52. The maximum atomic E-state index is 11.8. The van der Waals surface area contributed by atoms with E-state index in [2.05, 4.69) is 25.2 Å². The molecule has 3 heteroatoms. The number of nitrogens with one attached hydrogen (secondary N) is 1. The molecular weight excluding hydrogens is 224 g/mol. The fraction of sp³-hybridized carbons (Fsp3) is 0.533. The van der Waals surface area contributed by atoms with Crippen LogP contribution < -0.4 is 11.1 Å². The van der Waals surface area contributed by atoms with Gasteiger partial charge in [0, 0.05) is 12.5 Å². The molecule has 1 rings (SSSR count). The van der Waals surface area contributed by atoms with Gasteiger partial charge >= 0.3 is 0 Å². The molecule has 1 amide bonds. The summed E-state index contributed by atoms with van der Waals surface area (Å²) in [5.41, 5.74) is 8.23. The van der Waals surface area contributed by atoms with Gasteiger partial charge in [0.25, 0.3) is 0 Å². The molecule has 3 N–H and O–H groups in total. The van der Waals surface area contributed by atoms with Gasteiger partial charge in [0.05, 0.1) is 6.04 Å². The largest absolute Gasteiger partial charge is 0.350 e. The molecule has 1 unspecified atom stereocenters. The molecule has 0 aromatic heterocycles. The number of benzene rings is 1. The van der Waals surface area contributed by atoms with Gasteiger partial charge < -0.3 is 11.1 Å². The van der Waals surface area contributed by atoms with Crippen LogP contribution in [0.2, 0.25) is 0 Å². The average Bonchev–Trinajstić information content (AvgIpc) is 2.29. The van der Waals surface area contributed by atoms with Crippen LogP contribution in [0.3, 0.4) is 0 Å². The molecular formula is C15H24N2O. The fourth-order valence-corrected chi connectivity index (χ4v) is 2.16. The summed E-state index contributed by atoms with van der Waals surface area (Å²) in [4.78, 5) is 11.8. The number of nitrogens with two attached hydrogens (primary N) is 1. The van der Waals surface area contributed by atoms with E-state index in [1.54, 1.807) is 0 Å². The highest BCUT2D eigenvalue weighted by Gasteiger charge is 2.13. The Labute approximate surface area is 110 Å². The molecule has 2 atom stereocenters. The van der Waals surface area contributed by atoms with Crippen LogP contribution in [0.1, 0.15) is 50.3 Å². The molecule has 0 aliphatic heterocycles. The molecule has 0 radical (unpaired) electrons. The lowest BCUT2D eigenvalue weighted by molar-refractivity contribution is -0.122. The molecule has 0 spiro atoms. The fourth-order valence-electron chi connectivity index (χ4n) is 2.16. The van der Waals surface area contributed by atoms with Crippen molar-refractivity contribution in [2.45, 2.75) is 52.1 Å². The van der Waals surface area contributed by atoms with Gasteiger partial charge in [0.15, 0.2) is 0 Å². The Bertz CT molecular complexity index is 390. The predicted molar refractivity (Wildman–Crippen MR) is 75.2 cm³/mol. The first kappa shape index (κ1) is 14.7. The van der Waals surface area contributed by atoms with Crippen molar-refractivity contribution in [2.75, 3.05) is 0 Å². The molecule has 0 bridgehead atoms. The van der Waals surface area contributed by atoms with E-state index < -0.39 is 0 Å². The summed E-state index contributed by atoms with van der Waals surface area (Å²) in [7, 11) is 0. The zero-order valence-corrected chi connectivity index (χ0v) is 11.6. The van der Waals surface area contributed by atoms with Gasteiger partial charge in [-0.1, -0.05) is 37.6 Å². The molecule has 1 aromatic rings. The molecule has 0 aliphatic rings. The van der Waals surface area contributed by atoms with Crippen LogP contribution in [0.4, 0.5) is 0 Å². The lowest BCUT2D eigenvalue weighted by atomic mass is 10.0. The van der Waals surface area contributed by atoms with Gasteiger partial charge in [-0.25, -0.2) is 0 Å². The second-order valence-electron chi connectivity index (χ2n) is 4.90. The zero-order valence-electron chi connectivity index (χ0n) is 11.6. The van der Waals surface area contributed by atoms with Crippen LogP contribution in [0.15, 0.2) is 24.3 Å². The van der Waals surface area contributed by atoms with Crippen LogP contribution in [0.25, 0.3) is 0 Å². The van der Waals surface area contributed by atoms with Crippen molar-refractivity contribution in [1.29, 1.82) is 0 Å². The zero-order chi connectivity index (χ0) is 13.5. The van der Waals surface area contributed by atoms with Gasteiger partial charge in [0.2, 0.25) is 5.91 Å². The summed E-state index contributed by atoms with van der Waals surface area (Å²) in [5.74, 6) is 0.0340. The Morgan fingerprint density at radius 2 is 2.06 bits per heavy atom. The van der Waals surface area contributed by atoms with E-state index in [-0.39, 0.29) is 18.0 Å². The van der Waals surface area contributed by atoms with E-state index in [4.69, 9.17) is 5.73 Å². The van der Waals surface area contributed by atoms with E-state index in [0.717, 1.165) is 18.4 Å². The van der Waals surface area contributed by atoms with Crippen molar-refractivity contribution < 1.29 is 4.79 Å². The SMILES string of the molecule is CCCC(N)CC(=O)N[C@H](C)c1ccccc1C. The minimum absolute atomic E-state index is 0.0286. The molecule has 1 aromatic carbocycles. The third-order valence-corrected chi connectivity index (χ3v) is 3.14. The summed E-state index contributed by atoms with van der Waals surface area (Å²) in [5, 5.41) is 3.01. The van der Waals surface area contributed by atoms with E-state index in [0.29, 0.717) is 6.42 Å². The molecule has 0 aliphatic carbocycles. The van der Waals surface area contributed by atoms with Gasteiger partial charge in [-0.2, -0.15) is 0 Å². The third-order valence-electron chi connectivity index (χ3n) is 3.14. The van der Waals surface area contributed by atoms with E-state index in [1.165, 1.54) is 5.56 Å². The number of hydrogen-bond donors (Lipinski definition) is 2. The first-order valence-electron chi connectivity index (χ1n) is 6.65. The molecule has 0 heterocycles. The highest BCUT2D eigenvalue weighted by molar-refractivity contribution is 5.77. The number of carbonyl (C=O) groups excluding carboxylic acids is 1. The Hall–Kier alpha value is -1.35. The summed E-state index contributed by atoms with van der Waals surface area (Å²) in [6, 6.07) is 8.11. The lowest BCUT2D eigenvalue weighted by Gasteiger charge is -2.18. The van der Waals surface area contributed by atoms with Crippen molar-refractivity contribution >= 4 is 5.91 Å². The highest BCUT2D eigenvalue weighted by atomic mass is 16.1. The lowest BCUT2D eigenvalue weighted by Crippen LogP contribution is -2.33.